The van der Waals surface area contributed by atoms with Crippen molar-refractivity contribution in [3.8, 4) is 17.2 Å². The van der Waals surface area contributed by atoms with Gasteiger partial charge in [-0.3, -0.25) is 0 Å². The minimum absolute atomic E-state index is 0.295. The lowest BCUT2D eigenvalue weighted by Gasteiger charge is -2.30. The predicted molar refractivity (Wildman–Crippen MR) is 138 cm³/mol. The van der Waals surface area contributed by atoms with Gasteiger partial charge in [0.25, 0.3) is 0 Å². The number of urea groups is 1. The van der Waals surface area contributed by atoms with E-state index in [0.717, 1.165) is 19.3 Å². The van der Waals surface area contributed by atoms with Crippen LogP contribution in [0, 0.1) is 0 Å². The number of benzene rings is 2. The second-order valence-corrected chi connectivity index (χ2v) is 8.82. The Morgan fingerprint density at radius 1 is 0.972 bits per heavy atom. The van der Waals surface area contributed by atoms with E-state index in [1.54, 1.807) is 64.5 Å². The summed E-state index contributed by atoms with van der Waals surface area (Å²) >= 11 is 0. The van der Waals surface area contributed by atoms with Gasteiger partial charge in [0.2, 0.25) is 0 Å². The van der Waals surface area contributed by atoms with E-state index in [2.05, 4.69) is 17.6 Å². The van der Waals surface area contributed by atoms with Gasteiger partial charge < -0.3 is 29.6 Å². The quantitative estimate of drug-likeness (QED) is 0.303. The van der Waals surface area contributed by atoms with Crippen LogP contribution in [0.4, 0.5) is 4.79 Å². The molecule has 3 rings (SSSR count). The molecule has 0 spiro atoms. The van der Waals surface area contributed by atoms with Gasteiger partial charge in [0.1, 0.15) is 5.75 Å². The number of rotatable bonds is 12. The van der Waals surface area contributed by atoms with E-state index in [4.69, 9.17) is 18.9 Å². The number of hydrogen-bond acceptors (Lipinski definition) is 6. The van der Waals surface area contributed by atoms with Crippen molar-refractivity contribution < 1.29 is 28.5 Å². The minimum atomic E-state index is -0.755. The molecule has 0 aromatic heterocycles. The lowest BCUT2D eigenvalue weighted by Crippen LogP contribution is -2.45. The third-order valence-corrected chi connectivity index (χ3v) is 5.79. The van der Waals surface area contributed by atoms with E-state index < -0.39 is 18.0 Å². The van der Waals surface area contributed by atoms with Gasteiger partial charge in [-0.1, -0.05) is 32.3 Å². The molecule has 36 heavy (non-hydrogen) atoms. The van der Waals surface area contributed by atoms with Crippen LogP contribution in [0.15, 0.2) is 48.0 Å². The zero-order valence-electron chi connectivity index (χ0n) is 21.7. The van der Waals surface area contributed by atoms with E-state index >= 15 is 0 Å². The highest BCUT2D eigenvalue weighted by molar-refractivity contribution is 6.04. The van der Waals surface area contributed by atoms with Crippen LogP contribution in [0.2, 0.25) is 0 Å². The number of carbonyl (C=O) groups excluding carboxylic acids is 2. The molecule has 1 atom stereocenters. The maximum absolute atomic E-state index is 13.3. The molecule has 0 bridgehead atoms. The van der Waals surface area contributed by atoms with Crippen LogP contribution in [0.3, 0.4) is 0 Å². The summed E-state index contributed by atoms with van der Waals surface area (Å²) < 4.78 is 22.3. The average molecular weight is 497 g/mol. The first-order chi connectivity index (χ1) is 17.4. The number of methoxy groups -OCH3 is 2. The Morgan fingerprint density at radius 2 is 1.72 bits per heavy atom. The standard InChI is InChI=1S/C28H36N2O6/c1-6-7-8-9-16-35-22-15-12-20(17-23(22)34-5)26-24(27(31)36-18(2)3)25(29-28(32)30-26)19-10-13-21(33-4)14-11-19/h10-15,17-18,26H,6-9,16H2,1-5H3,(H2,29,30,32). The molecule has 0 saturated carbocycles. The summed E-state index contributed by atoms with van der Waals surface area (Å²) in [5, 5.41) is 5.66. The first kappa shape index (κ1) is 26.9. The first-order valence-corrected chi connectivity index (χ1v) is 12.4. The van der Waals surface area contributed by atoms with Crippen molar-refractivity contribution >= 4 is 17.7 Å². The van der Waals surface area contributed by atoms with Crippen LogP contribution in [0.25, 0.3) is 5.70 Å². The molecule has 1 aliphatic heterocycles. The van der Waals surface area contributed by atoms with Crippen molar-refractivity contribution in [2.75, 3.05) is 20.8 Å². The fourth-order valence-corrected chi connectivity index (χ4v) is 3.99. The Labute approximate surface area is 213 Å². The van der Waals surface area contributed by atoms with Crippen molar-refractivity contribution in [2.45, 2.75) is 58.6 Å². The number of esters is 1. The average Bonchev–Trinajstić information content (AvgIpc) is 2.87. The fraction of sp³-hybridized carbons (Fsp3) is 0.429. The molecule has 0 radical (unpaired) electrons. The second kappa shape index (κ2) is 12.9. The van der Waals surface area contributed by atoms with Crippen LogP contribution in [-0.4, -0.2) is 38.9 Å². The van der Waals surface area contributed by atoms with E-state index in [1.807, 2.05) is 6.07 Å². The predicted octanol–water partition coefficient (Wildman–Crippen LogP) is 5.38. The van der Waals surface area contributed by atoms with Crippen molar-refractivity contribution in [3.63, 3.8) is 0 Å². The van der Waals surface area contributed by atoms with E-state index in [-0.39, 0.29) is 6.10 Å². The molecular formula is C28H36N2O6. The van der Waals surface area contributed by atoms with Gasteiger partial charge in [-0.25, -0.2) is 9.59 Å². The van der Waals surface area contributed by atoms with Crippen molar-refractivity contribution in [3.05, 3.63) is 59.2 Å². The molecule has 1 heterocycles. The SMILES string of the molecule is CCCCCCOc1ccc(C2NC(=O)NC(c3ccc(OC)cc3)=C2C(=O)OC(C)C)cc1OC. The highest BCUT2D eigenvalue weighted by Crippen LogP contribution is 2.37. The molecule has 2 N–H and O–H groups in total. The van der Waals surface area contributed by atoms with Crippen molar-refractivity contribution in [2.24, 2.45) is 0 Å². The monoisotopic (exact) mass is 496 g/mol. The molecule has 0 aliphatic carbocycles. The van der Waals surface area contributed by atoms with Crippen LogP contribution in [0.1, 0.15) is 63.6 Å². The van der Waals surface area contributed by atoms with E-state index in [0.29, 0.717) is 46.3 Å². The summed E-state index contributed by atoms with van der Waals surface area (Å²) in [7, 11) is 3.14. The molecule has 8 heteroatoms. The third kappa shape index (κ3) is 6.71. The lowest BCUT2D eigenvalue weighted by atomic mass is 9.92. The van der Waals surface area contributed by atoms with Gasteiger partial charge in [-0.05, 0) is 67.8 Å². The number of hydrogen-bond donors (Lipinski definition) is 2. The Balaban J connectivity index is 2.00. The molecule has 0 saturated heterocycles. The maximum Gasteiger partial charge on any atom is 0.338 e. The minimum Gasteiger partial charge on any atom is -0.497 e. The van der Waals surface area contributed by atoms with Crippen LogP contribution < -0.4 is 24.8 Å². The van der Waals surface area contributed by atoms with Gasteiger partial charge in [0.15, 0.2) is 11.5 Å². The molecule has 1 aliphatic rings. The van der Waals surface area contributed by atoms with Gasteiger partial charge in [-0.15, -0.1) is 0 Å². The van der Waals surface area contributed by atoms with Gasteiger partial charge in [0.05, 0.1) is 44.2 Å². The number of ether oxygens (including phenoxy) is 4. The molecule has 2 amide bonds. The molecule has 194 valence electrons. The van der Waals surface area contributed by atoms with Gasteiger partial charge >= 0.3 is 12.0 Å². The summed E-state index contributed by atoms with van der Waals surface area (Å²) in [4.78, 5) is 26.0. The Bertz CT molecular complexity index is 1080. The number of nitrogens with one attached hydrogen (secondary N) is 2. The molecule has 1 unspecified atom stereocenters. The van der Waals surface area contributed by atoms with Gasteiger partial charge in [-0.2, -0.15) is 0 Å². The fourth-order valence-electron chi connectivity index (χ4n) is 3.99. The van der Waals surface area contributed by atoms with Crippen LogP contribution in [-0.2, 0) is 9.53 Å². The zero-order chi connectivity index (χ0) is 26.1. The largest absolute Gasteiger partial charge is 0.497 e. The highest BCUT2D eigenvalue weighted by Gasteiger charge is 2.35. The summed E-state index contributed by atoms with van der Waals surface area (Å²) in [6.07, 6.45) is 4.07. The van der Waals surface area contributed by atoms with Crippen molar-refractivity contribution in [1.29, 1.82) is 0 Å². The summed E-state index contributed by atoms with van der Waals surface area (Å²) in [5.41, 5.74) is 2.00. The molecule has 2 aromatic rings. The Morgan fingerprint density at radius 3 is 2.36 bits per heavy atom. The van der Waals surface area contributed by atoms with Gasteiger partial charge in [0, 0.05) is 0 Å². The molecule has 0 fully saturated rings. The molecule has 2 aromatic carbocycles. The zero-order valence-corrected chi connectivity index (χ0v) is 21.7. The molecular weight excluding hydrogens is 460 g/mol. The highest BCUT2D eigenvalue weighted by atomic mass is 16.5. The summed E-state index contributed by atoms with van der Waals surface area (Å²) in [6, 6.07) is 11.3. The normalized spacial score (nSPS) is 15.3. The van der Waals surface area contributed by atoms with E-state index in [1.165, 1.54) is 6.42 Å². The van der Waals surface area contributed by atoms with Crippen molar-refractivity contribution in [1.82, 2.24) is 10.6 Å². The van der Waals surface area contributed by atoms with E-state index in [9.17, 15) is 9.59 Å². The topological polar surface area (TPSA) is 95.1 Å². The summed E-state index contributed by atoms with van der Waals surface area (Å²) in [5.74, 6) is 1.28. The molecule has 8 nitrogen and oxygen atoms in total. The smallest absolute Gasteiger partial charge is 0.338 e. The van der Waals surface area contributed by atoms with Crippen LogP contribution >= 0.6 is 0 Å². The first-order valence-electron chi connectivity index (χ1n) is 12.4. The Hall–Kier alpha value is -3.68. The van der Waals surface area contributed by atoms with Crippen LogP contribution in [0.5, 0.6) is 17.2 Å². The Kier molecular flexibility index (Phi) is 9.61. The second-order valence-electron chi connectivity index (χ2n) is 8.82. The summed E-state index contributed by atoms with van der Waals surface area (Å²) in [6.45, 7) is 6.32. The third-order valence-electron chi connectivity index (χ3n) is 5.79. The lowest BCUT2D eigenvalue weighted by molar-refractivity contribution is -0.143. The number of carbonyl (C=O) groups is 2. The number of unbranched alkanes of at least 4 members (excludes halogenated alkanes) is 3. The maximum atomic E-state index is 13.3. The number of amides is 2.